The van der Waals surface area contributed by atoms with Gasteiger partial charge >= 0.3 is 12.2 Å². The number of pyridine rings is 1. The summed E-state index contributed by atoms with van der Waals surface area (Å²) in [6.07, 6.45) is -4.30. The van der Waals surface area contributed by atoms with Crippen molar-refractivity contribution in [3.8, 4) is 17.4 Å². The normalized spacial score (nSPS) is 11.3. The maximum Gasteiger partial charge on any atom is 0.416 e. The van der Waals surface area contributed by atoms with Crippen LogP contribution < -0.4 is 20.1 Å². The summed E-state index contributed by atoms with van der Waals surface area (Å²) in [7, 11) is 1.38. The van der Waals surface area contributed by atoms with Gasteiger partial charge in [0, 0.05) is 28.9 Å². The van der Waals surface area contributed by atoms with Gasteiger partial charge < -0.3 is 20.1 Å². The fourth-order valence-corrected chi connectivity index (χ4v) is 3.57. The number of benzene rings is 3. The second kappa shape index (κ2) is 10.1. The SMILES string of the molecule is CCc1ccc(NC(=O)Nc2ccc(Oc3ccc4cc(OC)c(F)cc4n3)cc2)cc1C(F)(F)F. The Morgan fingerprint density at radius 2 is 1.64 bits per heavy atom. The van der Waals surface area contributed by atoms with Gasteiger partial charge in [0.1, 0.15) is 5.75 Å². The number of hydrogen-bond acceptors (Lipinski definition) is 4. The average Bonchev–Trinajstić information content (AvgIpc) is 2.84. The predicted molar refractivity (Wildman–Crippen MR) is 128 cm³/mol. The molecule has 2 amide bonds. The zero-order valence-corrected chi connectivity index (χ0v) is 19.2. The molecule has 6 nitrogen and oxygen atoms in total. The second-order valence-electron chi connectivity index (χ2n) is 7.76. The summed E-state index contributed by atoms with van der Waals surface area (Å²) >= 11 is 0. The first-order valence-electron chi connectivity index (χ1n) is 10.9. The predicted octanol–water partition coefficient (Wildman–Crippen LogP) is 7.40. The molecule has 0 bridgehead atoms. The lowest BCUT2D eigenvalue weighted by molar-refractivity contribution is -0.138. The van der Waals surface area contributed by atoms with Crippen LogP contribution in [0, 0.1) is 5.82 Å². The molecule has 186 valence electrons. The first-order chi connectivity index (χ1) is 17.2. The number of carbonyl (C=O) groups excluding carboxylic acids is 1. The maximum atomic E-state index is 14.0. The van der Waals surface area contributed by atoms with Gasteiger partial charge in [0.05, 0.1) is 18.2 Å². The van der Waals surface area contributed by atoms with Crippen molar-refractivity contribution in [1.82, 2.24) is 4.98 Å². The summed E-state index contributed by atoms with van der Waals surface area (Å²) in [6.45, 7) is 1.63. The molecule has 0 saturated heterocycles. The lowest BCUT2D eigenvalue weighted by Gasteiger charge is -2.14. The highest BCUT2D eigenvalue weighted by Gasteiger charge is 2.33. The molecule has 0 fully saturated rings. The van der Waals surface area contributed by atoms with Crippen molar-refractivity contribution in [2.45, 2.75) is 19.5 Å². The molecular weight excluding hydrogens is 478 g/mol. The quantitative estimate of drug-likeness (QED) is 0.271. The summed E-state index contributed by atoms with van der Waals surface area (Å²) in [5, 5.41) is 5.64. The first-order valence-corrected chi connectivity index (χ1v) is 10.9. The second-order valence-corrected chi connectivity index (χ2v) is 7.76. The van der Waals surface area contributed by atoms with Crippen molar-refractivity contribution >= 4 is 28.3 Å². The number of ether oxygens (including phenoxy) is 2. The number of aromatic nitrogens is 1. The molecule has 0 radical (unpaired) electrons. The Bertz CT molecular complexity index is 1410. The van der Waals surface area contributed by atoms with Crippen molar-refractivity contribution in [1.29, 1.82) is 0 Å². The molecule has 36 heavy (non-hydrogen) atoms. The van der Waals surface area contributed by atoms with Crippen molar-refractivity contribution in [2.75, 3.05) is 17.7 Å². The monoisotopic (exact) mass is 499 g/mol. The minimum Gasteiger partial charge on any atom is -0.494 e. The third-order valence-corrected chi connectivity index (χ3v) is 5.33. The van der Waals surface area contributed by atoms with Gasteiger partial charge in [0.15, 0.2) is 11.6 Å². The lowest BCUT2D eigenvalue weighted by atomic mass is 10.0. The van der Waals surface area contributed by atoms with Gasteiger partial charge in [-0.25, -0.2) is 14.2 Å². The van der Waals surface area contributed by atoms with E-state index in [1.807, 2.05) is 0 Å². The van der Waals surface area contributed by atoms with E-state index in [0.29, 0.717) is 22.3 Å². The van der Waals surface area contributed by atoms with Crippen LogP contribution in [0.5, 0.6) is 17.4 Å². The van der Waals surface area contributed by atoms with Crippen molar-refractivity contribution < 1.29 is 31.8 Å². The van der Waals surface area contributed by atoms with Crippen LogP contribution >= 0.6 is 0 Å². The Morgan fingerprint density at radius 1 is 0.944 bits per heavy atom. The summed E-state index contributed by atoms with van der Waals surface area (Å²) < 4.78 is 64.4. The molecule has 1 heterocycles. The van der Waals surface area contributed by atoms with E-state index >= 15 is 0 Å². The number of anilines is 2. The molecule has 1 aromatic heterocycles. The number of urea groups is 1. The van der Waals surface area contributed by atoms with Crippen LogP contribution in [0.15, 0.2) is 66.7 Å². The molecule has 0 unspecified atom stereocenters. The van der Waals surface area contributed by atoms with Crippen LogP contribution in [0.25, 0.3) is 10.9 Å². The van der Waals surface area contributed by atoms with E-state index in [1.54, 1.807) is 43.3 Å². The van der Waals surface area contributed by atoms with Crippen LogP contribution in [0.4, 0.5) is 33.7 Å². The summed E-state index contributed by atoms with van der Waals surface area (Å²) in [6, 6.07) is 15.4. The van der Waals surface area contributed by atoms with Crippen LogP contribution in [-0.2, 0) is 12.6 Å². The van der Waals surface area contributed by atoms with Gasteiger partial charge in [0.25, 0.3) is 0 Å². The number of hydrogen-bond donors (Lipinski definition) is 2. The number of nitrogens with one attached hydrogen (secondary N) is 2. The highest BCUT2D eigenvalue weighted by Crippen LogP contribution is 2.34. The van der Waals surface area contributed by atoms with Crippen LogP contribution in [0.2, 0.25) is 0 Å². The zero-order valence-electron chi connectivity index (χ0n) is 19.2. The van der Waals surface area contributed by atoms with E-state index in [2.05, 4.69) is 15.6 Å². The number of methoxy groups -OCH3 is 1. The Kier molecular flexibility index (Phi) is 6.96. The molecule has 0 spiro atoms. The van der Waals surface area contributed by atoms with Crippen LogP contribution in [0.1, 0.15) is 18.1 Å². The smallest absolute Gasteiger partial charge is 0.416 e. The molecule has 4 aromatic rings. The van der Waals surface area contributed by atoms with Gasteiger partial charge in [-0.15, -0.1) is 0 Å². The third-order valence-electron chi connectivity index (χ3n) is 5.33. The molecule has 0 saturated carbocycles. The van der Waals surface area contributed by atoms with E-state index in [4.69, 9.17) is 9.47 Å². The zero-order chi connectivity index (χ0) is 25.9. The molecular formula is C26H21F4N3O3. The summed E-state index contributed by atoms with van der Waals surface area (Å²) in [4.78, 5) is 16.6. The van der Waals surface area contributed by atoms with E-state index in [9.17, 15) is 22.4 Å². The standard InChI is InChI=1S/C26H21F4N3O3/c1-3-15-4-6-18(13-20(15)26(28,29)30)32-25(34)31-17-7-9-19(10-8-17)36-24-11-5-16-12-23(35-2)21(27)14-22(16)33-24/h4-14H,3H2,1-2H3,(H2,31,32,34). The van der Waals surface area contributed by atoms with Gasteiger partial charge in [-0.3, -0.25) is 0 Å². The molecule has 0 aliphatic carbocycles. The third kappa shape index (κ3) is 5.65. The fourth-order valence-electron chi connectivity index (χ4n) is 3.57. The highest BCUT2D eigenvalue weighted by atomic mass is 19.4. The first kappa shape index (κ1) is 24.8. The fraction of sp³-hybridized carbons (Fsp3) is 0.154. The van der Waals surface area contributed by atoms with Gasteiger partial charge in [0.2, 0.25) is 5.88 Å². The number of alkyl halides is 3. The van der Waals surface area contributed by atoms with E-state index in [-0.39, 0.29) is 29.3 Å². The Morgan fingerprint density at radius 3 is 2.31 bits per heavy atom. The number of halogens is 4. The number of rotatable bonds is 6. The minimum atomic E-state index is -4.52. The van der Waals surface area contributed by atoms with E-state index in [0.717, 1.165) is 6.07 Å². The average molecular weight is 499 g/mol. The molecule has 0 atom stereocenters. The minimum absolute atomic E-state index is 0.0217. The lowest BCUT2D eigenvalue weighted by Crippen LogP contribution is -2.20. The van der Waals surface area contributed by atoms with Crippen molar-refractivity contribution in [3.63, 3.8) is 0 Å². The van der Waals surface area contributed by atoms with Crippen molar-refractivity contribution in [2.24, 2.45) is 0 Å². The summed E-state index contributed by atoms with van der Waals surface area (Å²) in [5.41, 5.74) is 0.167. The molecule has 10 heteroatoms. The largest absolute Gasteiger partial charge is 0.494 e. The van der Waals surface area contributed by atoms with Crippen molar-refractivity contribution in [3.05, 3.63) is 83.7 Å². The number of fused-ring (bicyclic) bond motifs is 1. The van der Waals surface area contributed by atoms with Crippen LogP contribution in [-0.4, -0.2) is 18.1 Å². The number of amides is 2. The number of aryl methyl sites for hydroxylation is 1. The maximum absolute atomic E-state index is 14.0. The molecule has 4 rings (SSSR count). The molecule has 0 aliphatic rings. The molecule has 3 aromatic carbocycles. The number of carbonyl (C=O) groups is 1. The number of nitrogens with zero attached hydrogens (tertiary/aromatic N) is 1. The Hall–Kier alpha value is -4.34. The van der Waals surface area contributed by atoms with Gasteiger partial charge in [-0.1, -0.05) is 13.0 Å². The highest BCUT2D eigenvalue weighted by molar-refractivity contribution is 5.99. The topological polar surface area (TPSA) is 72.5 Å². The van der Waals surface area contributed by atoms with E-state index in [1.165, 1.54) is 31.4 Å². The van der Waals surface area contributed by atoms with Crippen LogP contribution in [0.3, 0.4) is 0 Å². The molecule has 2 N–H and O–H groups in total. The summed E-state index contributed by atoms with van der Waals surface area (Å²) in [5.74, 6) is 0.219. The molecule has 0 aliphatic heterocycles. The van der Waals surface area contributed by atoms with Gasteiger partial charge in [-0.05, 0) is 60.5 Å². The Balaban J connectivity index is 1.41. The van der Waals surface area contributed by atoms with Gasteiger partial charge in [-0.2, -0.15) is 13.2 Å². The Labute approximate surface area is 203 Å². The van der Waals surface area contributed by atoms with E-state index < -0.39 is 23.6 Å².